The zero-order chi connectivity index (χ0) is 15.6. The molecule has 0 amide bonds. The first-order chi connectivity index (χ1) is 9.88. The van der Waals surface area contributed by atoms with Crippen molar-refractivity contribution in [2.45, 2.75) is 6.61 Å². The van der Waals surface area contributed by atoms with E-state index in [0.717, 1.165) is 12.1 Å². The fourth-order valence-corrected chi connectivity index (χ4v) is 1.70. The van der Waals surface area contributed by atoms with Gasteiger partial charge in [0.25, 0.3) is 0 Å². The molecule has 0 saturated carbocycles. The number of nitrogens with two attached hydrogens (primary N) is 1. The lowest BCUT2D eigenvalue weighted by atomic mass is 10.2. The normalized spacial score (nSPS) is 10.5. The maximum Gasteiger partial charge on any atom is 0.341 e. The van der Waals surface area contributed by atoms with Crippen LogP contribution in [-0.4, -0.2) is 5.97 Å². The van der Waals surface area contributed by atoms with Crippen LogP contribution < -0.4 is 5.73 Å². The summed E-state index contributed by atoms with van der Waals surface area (Å²) in [5.74, 6) is -3.75. The van der Waals surface area contributed by atoms with Gasteiger partial charge in [0.1, 0.15) is 24.1 Å². The second-order valence-electron chi connectivity index (χ2n) is 4.18. The number of carbonyl (C=O) groups excluding carboxylic acids is 1. The van der Waals surface area contributed by atoms with Crippen LogP contribution in [0.15, 0.2) is 30.3 Å². The zero-order valence-electron chi connectivity index (χ0n) is 10.5. The van der Waals surface area contributed by atoms with Crippen LogP contribution in [0, 0.1) is 17.5 Å². The summed E-state index contributed by atoms with van der Waals surface area (Å²) in [5.41, 5.74) is 4.72. The molecular formula is C14H9ClF3NO2. The largest absolute Gasteiger partial charge is 0.457 e. The molecule has 0 heterocycles. The highest BCUT2D eigenvalue weighted by molar-refractivity contribution is 6.30. The van der Waals surface area contributed by atoms with Crippen molar-refractivity contribution in [2.24, 2.45) is 0 Å². The molecule has 2 N–H and O–H groups in total. The van der Waals surface area contributed by atoms with Crippen molar-refractivity contribution in [3.63, 3.8) is 0 Å². The second-order valence-corrected chi connectivity index (χ2v) is 4.59. The molecule has 0 atom stereocenters. The first-order valence-corrected chi connectivity index (χ1v) is 6.12. The van der Waals surface area contributed by atoms with Gasteiger partial charge < -0.3 is 10.5 Å². The Kier molecular flexibility index (Phi) is 4.37. The van der Waals surface area contributed by atoms with E-state index in [0.29, 0.717) is 11.6 Å². The standard InChI is InChI=1S/C14H9ClF3NO2/c15-9-2-1-7(3-11(9)17)6-21-14(20)8-4-13(19)12(18)5-10(8)16/h1-5H,6,19H2. The quantitative estimate of drug-likeness (QED) is 0.694. The maximum absolute atomic E-state index is 13.4. The van der Waals surface area contributed by atoms with Crippen LogP contribution in [0.5, 0.6) is 0 Å². The van der Waals surface area contributed by atoms with Crippen molar-refractivity contribution >= 4 is 23.3 Å². The van der Waals surface area contributed by atoms with Crippen molar-refractivity contribution in [2.75, 3.05) is 5.73 Å². The number of hydrogen-bond acceptors (Lipinski definition) is 3. The highest BCUT2D eigenvalue weighted by atomic mass is 35.5. The molecule has 2 aromatic rings. The van der Waals surface area contributed by atoms with E-state index in [1.54, 1.807) is 0 Å². The summed E-state index contributed by atoms with van der Waals surface area (Å²) in [7, 11) is 0. The van der Waals surface area contributed by atoms with Crippen LogP contribution in [-0.2, 0) is 11.3 Å². The van der Waals surface area contributed by atoms with E-state index in [9.17, 15) is 18.0 Å². The monoisotopic (exact) mass is 315 g/mol. The summed E-state index contributed by atoms with van der Waals surface area (Å²) in [6.45, 7) is -0.288. The summed E-state index contributed by atoms with van der Waals surface area (Å²) < 4.78 is 44.5. The van der Waals surface area contributed by atoms with Gasteiger partial charge in [-0.1, -0.05) is 17.7 Å². The highest BCUT2D eigenvalue weighted by Gasteiger charge is 2.16. The number of halogens is 4. The van der Waals surface area contributed by atoms with Crippen LogP contribution in [0.3, 0.4) is 0 Å². The Bertz CT molecular complexity index is 707. The lowest BCUT2D eigenvalue weighted by molar-refractivity contribution is 0.0467. The molecule has 21 heavy (non-hydrogen) atoms. The number of rotatable bonds is 3. The van der Waals surface area contributed by atoms with E-state index in [4.69, 9.17) is 22.1 Å². The van der Waals surface area contributed by atoms with Crippen molar-refractivity contribution in [3.8, 4) is 0 Å². The van der Waals surface area contributed by atoms with Crippen LogP contribution >= 0.6 is 11.6 Å². The molecule has 0 radical (unpaired) electrons. The van der Waals surface area contributed by atoms with Gasteiger partial charge in [-0.3, -0.25) is 0 Å². The van der Waals surface area contributed by atoms with Gasteiger partial charge in [-0.15, -0.1) is 0 Å². The van der Waals surface area contributed by atoms with Gasteiger partial charge in [0.2, 0.25) is 0 Å². The molecular weight excluding hydrogens is 307 g/mol. The Balaban J connectivity index is 2.11. The minimum atomic E-state index is -1.09. The molecule has 0 unspecified atom stereocenters. The summed E-state index contributed by atoms with van der Waals surface area (Å²) in [4.78, 5) is 11.7. The Labute approximate surface area is 123 Å². The molecule has 110 valence electrons. The molecule has 2 rings (SSSR count). The Hall–Kier alpha value is -2.21. The number of hydrogen-bond donors (Lipinski definition) is 1. The van der Waals surface area contributed by atoms with Crippen LogP contribution in [0.4, 0.5) is 18.9 Å². The SMILES string of the molecule is Nc1cc(C(=O)OCc2ccc(Cl)c(F)c2)c(F)cc1F. The Morgan fingerprint density at radius 1 is 1.10 bits per heavy atom. The molecule has 0 aromatic heterocycles. The molecule has 3 nitrogen and oxygen atoms in total. The van der Waals surface area contributed by atoms with Gasteiger partial charge in [0.15, 0.2) is 0 Å². The van der Waals surface area contributed by atoms with Gasteiger partial charge >= 0.3 is 5.97 Å². The third-order valence-corrected chi connectivity index (χ3v) is 2.97. The van der Waals surface area contributed by atoms with E-state index < -0.39 is 29.0 Å². The third-order valence-electron chi connectivity index (χ3n) is 2.66. The number of carbonyl (C=O) groups is 1. The smallest absolute Gasteiger partial charge is 0.341 e. The fraction of sp³-hybridized carbons (Fsp3) is 0.0714. The van der Waals surface area contributed by atoms with Gasteiger partial charge in [-0.2, -0.15) is 0 Å². The second kappa shape index (κ2) is 6.05. The van der Waals surface area contributed by atoms with Crippen molar-refractivity contribution in [1.82, 2.24) is 0 Å². The number of anilines is 1. The third kappa shape index (κ3) is 3.46. The van der Waals surface area contributed by atoms with E-state index >= 15 is 0 Å². The molecule has 0 spiro atoms. The lowest BCUT2D eigenvalue weighted by Crippen LogP contribution is -2.09. The highest BCUT2D eigenvalue weighted by Crippen LogP contribution is 2.19. The summed E-state index contributed by atoms with van der Waals surface area (Å²) in [5, 5.41) is -0.0672. The molecule has 0 aliphatic rings. The summed E-state index contributed by atoms with van der Waals surface area (Å²) >= 11 is 5.51. The minimum absolute atomic E-state index is 0.0672. The van der Waals surface area contributed by atoms with Crippen molar-refractivity contribution < 1.29 is 22.7 Å². The van der Waals surface area contributed by atoms with E-state index in [2.05, 4.69) is 0 Å². The molecule has 7 heteroatoms. The van der Waals surface area contributed by atoms with Crippen molar-refractivity contribution in [1.29, 1.82) is 0 Å². The Morgan fingerprint density at radius 2 is 1.81 bits per heavy atom. The molecule has 0 aliphatic heterocycles. The fourth-order valence-electron chi connectivity index (χ4n) is 1.58. The maximum atomic E-state index is 13.4. The predicted molar refractivity (Wildman–Crippen MR) is 71.3 cm³/mol. The van der Waals surface area contributed by atoms with Crippen molar-refractivity contribution in [3.05, 3.63) is 63.9 Å². The predicted octanol–water partition coefficient (Wildman–Crippen LogP) is 3.70. The number of ether oxygens (including phenoxy) is 1. The number of nitrogen functional groups attached to an aromatic ring is 1. The minimum Gasteiger partial charge on any atom is -0.457 e. The Morgan fingerprint density at radius 3 is 2.48 bits per heavy atom. The zero-order valence-corrected chi connectivity index (χ0v) is 11.3. The van der Waals surface area contributed by atoms with Crippen LogP contribution in [0.1, 0.15) is 15.9 Å². The lowest BCUT2D eigenvalue weighted by Gasteiger charge is -2.07. The van der Waals surface area contributed by atoms with E-state index in [-0.39, 0.29) is 17.3 Å². The molecule has 0 fully saturated rings. The van der Waals surface area contributed by atoms with E-state index in [1.165, 1.54) is 12.1 Å². The summed E-state index contributed by atoms with van der Waals surface area (Å²) in [6.07, 6.45) is 0. The topological polar surface area (TPSA) is 52.3 Å². The average molecular weight is 316 g/mol. The van der Waals surface area contributed by atoms with Gasteiger partial charge in [-0.05, 0) is 23.8 Å². The van der Waals surface area contributed by atoms with Gasteiger partial charge in [-0.25, -0.2) is 18.0 Å². The number of benzene rings is 2. The average Bonchev–Trinajstić information content (AvgIpc) is 2.44. The van der Waals surface area contributed by atoms with Gasteiger partial charge in [0.05, 0.1) is 16.3 Å². The van der Waals surface area contributed by atoms with Gasteiger partial charge in [0, 0.05) is 6.07 Å². The van der Waals surface area contributed by atoms with Crippen LogP contribution in [0.2, 0.25) is 5.02 Å². The van der Waals surface area contributed by atoms with Crippen LogP contribution in [0.25, 0.3) is 0 Å². The number of esters is 1. The summed E-state index contributed by atoms with van der Waals surface area (Å²) in [6, 6.07) is 5.18. The first kappa shape index (κ1) is 15.2. The molecule has 0 saturated heterocycles. The molecule has 0 aliphatic carbocycles. The molecule has 2 aromatic carbocycles. The molecule has 0 bridgehead atoms. The first-order valence-electron chi connectivity index (χ1n) is 5.74. The van der Waals surface area contributed by atoms with E-state index in [1.807, 2.05) is 0 Å².